The number of likely N-dealkylation sites (tertiary alicyclic amines) is 1. The fraction of sp³-hybridized carbons (Fsp3) is 0.778. The molecule has 0 spiro atoms. The summed E-state index contributed by atoms with van der Waals surface area (Å²) in [5, 5.41) is 9.17. The molecule has 1 aromatic heterocycles. The Bertz CT molecular complexity index is 681. The number of carbonyl (C=O) groups is 2. The van der Waals surface area contributed by atoms with Gasteiger partial charge in [0.05, 0.1) is 18.9 Å². The summed E-state index contributed by atoms with van der Waals surface area (Å²) < 4.78 is 9.24. The molecule has 9 nitrogen and oxygen atoms in total. The maximum Gasteiger partial charge on any atom is 0.239 e. The van der Waals surface area contributed by atoms with Gasteiger partial charge in [-0.1, -0.05) is 4.49 Å². The maximum absolute atomic E-state index is 12.8. The van der Waals surface area contributed by atoms with Crippen molar-refractivity contribution in [2.45, 2.75) is 43.9 Å². The third-order valence-electron chi connectivity index (χ3n) is 6.18. The molecule has 2 amide bonds. The fourth-order valence-corrected chi connectivity index (χ4v) is 4.99. The van der Waals surface area contributed by atoms with E-state index >= 15 is 0 Å². The first-order valence-electron chi connectivity index (χ1n) is 9.98. The Labute approximate surface area is 169 Å². The van der Waals surface area contributed by atoms with Crippen molar-refractivity contribution in [3.05, 3.63) is 11.1 Å². The molecule has 3 aliphatic heterocycles. The number of fused-ring (bicyclic) bond motifs is 1. The molecule has 1 N–H and O–H groups in total. The maximum atomic E-state index is 12.8. The van der Waals surface area contributed by atoms with Gasteiger partial charge in [-0.2, -0.15) is 0 Å². The molecular weight excluding hydrogens is 380 g/mol. The fourth-order valence-electron chi connectivity index (χ4n) is 4.55. The van der Waals surface area contributed by atoms with Crippen LogP contribution in [0.4, 0.5) is 0 Å². The van der Waals surface area contributed by atoms with E-state index in [9.17, 15) is 9.59 Å². The summed E-state index contributed by atoms with van der Waals surface area (Å²) in [6.07, 6.45) is 2.21. The molecule has 28 heavy (non-hydrogen) atoms. The standard InChI is InChI=1S/C18H28N6O3S/c1-22-14(2-3-16(25)23-6-8-27-9-7-23)10-19-18(26)17-15(22)4-5-24(17)11-13-12-28-21-20-13/h12,14-15,17H,2-11H2,1H3,(H,19,26)/t14-,15+,17-/m0/s1. The lowest BCUT2D eigenvalue weighted by molar-refractivity contribution is -0.135. The molecule has 3 aliphatic rings. The summed E-state index contributed by atoms with van der Waals surface area (Å²) in [6, 6.07) is 0.161. The Balaban J connectivity index is 1.37. The molecule has 3 saturated heterocycles. The van der Waals surface area contributed by atoms with Crippen LogP contribution >= 0.6 is 11.5 Å². The second kappa shape index (κ2) is 8.81. The SMILES string of the molecule is CN1[C@@H](CCC(=O)N2CCOCC2)CNC(=O)[C@@H]2[C@H]1CCN2Cc1csnn1. The Kier molecular flexibility index (Phi) is 6.19. The minimum Gasteiger partial charge on any atom is -0.378 e. The molecular formula is C18H28N6O3S. The molecule has 0 radical (unpaired) electrons. The summed E-state index contributed by atoms with van der Waals surface area (Å²) >= 11 is 1.34. The van der Waals surface area contributed by atoms with Crippen LogP contribution in [0.1, 0.15) is 25.0 Å². The number of carbonyl (C=O) groups excluding carboxylic acids is 2. The van der Waals surface area contributed by atoms with Gasteiger partial charge in [0, 0.05) is 56.6 Å². The number of hydrogen-bond acceptors (Lipinski definition) is 8. The van der Waals surface area contributed by atoms with Crippen LogP contribution in [-0.2, 0) is 20.9 Å². The highest BCUT2D eigenvalue weighted by Crippen LogP contribution is 2.28. The predicted octanol–water partition coefficient (Wildman–Crippen LogP) is -0.450. The van der Waals surface area contributed by atoms with Gasteiger partial charge < -0.3 is 15.0 Å². The van der Waals surface area contributed by atoms with Gasteiger partial charge in [0.15, 0.2) is 0 Å². The van der Waals surface area contributed by atoms with E-state index < -0.39 is 0 Å². The highest BCUT2D eigenvalue weighted by molar-refractivity contribution is 7.03. The second-order valence-electron chi connectivity index (χ2n) is 7.76. The number of rotatable bonds is 5. The first-order valence-corrected chi connectivity index (χ1v) is 10.8. The molecule has 3 fully saturated rings. The molecule has 0 saturated carbocycles. The van der Waals surface area contributed by atoms with Crippen LogP contribution in [0, 0.1) is 0 Å². The van der Waals surface area contributed by atoms with Crippen LogP contribution in [0.3, 0.4) is 0 Å². The van der Waals surface area contributed by atoms with Gasteiger partial charge >= 0.3 is 0 Å². The second-order valence-corrected chi connectivity index (χ2v) is 8.37. The van der Waals surface area contributed by atoms with E-state index in [4.69, 9.17) is 4.74 Å². The molecule has 0 aromatic carbocycles. The molecule has 154 valence electrons. The number of amides is 2. The number of ether oxygens (including phenoxy) is 1. The molecule has 0 aliphatic carbocycles. The zero-order chi connectivity index (χ0) is 19.5. The molecule has 1 aromatic rings. The Morgan fingerprint density at radius 3 is 2.93 bits per heavy atom. The van der Waals surface area contributed by atoms with Crippen molar-refractivity contribution in [3.63, 3.8) is 0 Å². The summed E-state index contributed by atoms with van der Waals surface area (Å²) in [6.45, 7) is 4.72. The first kappa shape index (κ1) is 19.7. The zero-order valence-corrected chi connectivity index (χ0v) is 17.1. The van der Waals surface area contributed by atoms with Crippen molar-refractivity contribution in [1.82, 2.24) is 29.6 Å². The van der Waals surface area contributed by atoms with Crippen molar-refractivity contribution in [2.75, 3.05) is 46.4 Å². The van der Waals surface area contributed by atoms with Gasteiger partial charge in [-0.3, -0.25) is 19.4 Å². The Morgan fingerprint density at radius 2 is 2.18 bits per heavy atom. The van der Waals surface area contributed by atoms with Crippen molar-refractivity contribution in [3.8, 4) is 0 Å². The third-order valence-corrected chi connectivity index (χ3v) is 6.73. The Morgan fingerprint density at radius 1 is 1.36 bits per heavy atom. The van der Waals surface area contributed by atoms with E-state index in [2.05, 4.69) is 31.8 Å². The minimum atomic E-state index is -0.174. The highest BCUT2D eigenvalue weighted by Gasteiger charge is 2.45. The van der Waals surface area contributed by atoms with Crippen LogP contribution in [0.2, 0.25) is 0 Å². The largest absolute Gasteiger partial charge is 0.378 e. The summed E-state index contributed by atoms with van der Waals surface area (Å²) in [4.78, 5) is 31.7. The summed E-state index contributed by atoms with van der Waals surface area (Å²) in [7, 11) is 2.09. The van der Waals surface area contributed by atoms with E-state index in [0.717, 1.165) is 25.1 Å². The van der Waals surface area contributed by atoms with Crippen molar-refractivity contribution < 1.29 is 14.3 Å². The molecule has 0 bridgehead atoms. The number of aromatic nitrogens is 2. The topological polar surface area (TPSA) is 90.9 Å². The van der Waals surface area contributed by atoms with Crippen molar-refractivity contribution in [1.29, 1.82) is 0 Å². The lowest BCUT2D eigenvalue weighted by Gasteiger charge is -2.33. The van der Waals surface area contributed by atoms with E-state index in [1.54, 1.807) is 0 Å². The molecule has 10 heteroatoms. The lowest BCUT2D eigenvalue weighted by Crippen LogP contribution is -2.49. The molecule has 4 heterocycles. The number of likely N-dealkylation sites (N-methyl/N-ethyl adjacent to an activating group) is 1. The number of nitrogens with one attached hydrogen (secondary N) is 1. The lowest BCUT2D eigenvalue weighted by atomic mass is 10.0. The van der Waals surface area contributed by atoms with Gasteiger partial charge in [-0.15, -0.1) is 5.10 Å². The normalized spacial score (nSPS) is 29.4. The molecule has 3 atom stereocenters. The molecule has 0 unspecified atom stereocenters. The van der Waals surface area contributed by atoms with Crippen LogP contribution in [0.25, 0.3) is 0 Å². The summed E-state index contributed by atoms with van der Waals surface area (Å²) in [5.74, 6) is 0.271. The first-order chi connectivity index (χ1) is 13.6. The van der Waals surface area contributed by atoms with E-state index in [-0.39, 0.29) is 29.9 Å². The van der Waals surface area contributed by atoms with Crippen LogP contribution in [0.15, 0.2) is 5.38 Å². The highest BCUT2D eigenvalue weighted by atomic mass is 32.1. The van der Waals surface area contributed by atoms with Gasteiger partial charge in [0.2, 0.25) is 11.8 Å². The number of hydrogen-bond donors (Lipinski definition) is 1. The predicted molar refractivity (Wildman–Crippen MR) is 104 cm³/mol. The zero-order valence-electron chi connectivity index (χ0n) is 16.2. The van der Waals surface area contributed by atoms with Gasteiger partial charge in [-0.05, 0) is 31.4 Å². The third kappa shape index (κ3) is 4.19. The number of morpholine rings is 1. The monoisotopic (exact) mass is 408 g/mol. The van der Waals surface area contributed by atoms with Gasteiger partial charge in [0.25, 0.3) is 0 Å². The van der Waals surface area contributed by atoms with E-state index in [1.165, 1.54) is 11.5 Å². The van der Waals surface area contributed by atoms with E-state index in [0.29, 0.717) is 45.8 Å². The van der Waals surface area contributed by atoms with Crippen LogP contribution < -0.4 is 5.32 Å². The number of nitrogens with zero attached hydrogens (tertiary/aromatic N) is 5. The smallest absolute Gasteiger partial charge is 0.239 e. The van der Waals surface area contributed by atoms with Gasteiger partial charge in [0.1, 0.15) is 6.04 Å². The minimum absolute atomic E-state index is 0.0829. The van der Waals surface area contributed by atoms with Crippen LogP contribution in [-0.4, -0.2) is 101 Å². The average Bonchev–Trinajstić information content (AvgIpc) is 3.35. The average molecular weight is 409 g/mol. The quantitative estimate of drug-likeness (QED) is 0.706. The van der Waals surface area contributed by atoms with Gasteiger partial charge in [-0.25, -0.2) is 0 Å². The van der Waals surface area contributed by atoms with Crippen LogP contribution in [0.5, 0.6) is 0 Å². The Hall–Kier alpha value is -1.62. The molecule has 4 rings (SSSR count). The van der Waals surface area contributed by atoms with Crippen molar-refractivity contribution in [2.24, 2.45) is 0 Å². The van der Waals surface area contributed by atoms with E-state index in [1.807, 2.05) is 10.3 Å². The van der Waals surface area contributed by atoms with Crippen molar-refractivity contribution >= 4 is 23.3 Å². The summed E-state index contributed by atoms with van der Waals surface area (Å²) in [5.41, 5.74) is 0.915.